The van der Waals surface area contributed by atoms with Gasteiger partial charge in [-0.2, -0.15) is 0 Å². The smallest absolute Gasteiger partial charge is 0.193 e. The van der Waals surface area contributed by atoms with E-state index in [9.17, 15) is 4.79 Å². The number of hydrogen-bond acceptors (Lipinski definition) is 2. The van der Waals surface area contributed by atoms with E-state index in [1.165, 1.54) is 0 Å². The average molecular weight is 226 g/mol. The van der Waals surface area contributed by atoms with Gasteiger partial charge >= 0.3 is 0 Å². The van der Waals surface area contributed by atoms with E-state index in [-0.39, 0.29) is 5.78 Å². The minimum atomic E-state index is 0.0175. The van der Waals surface area contributed by atoms with Gasteiger partial charge in [0.05, 0.1) is 7.11 Å². The topological polar surface area (TPSA) is 26.3 Å². The summed E-state index contributed by atoms with van der Waals surface area (Å²) in [7, 11) is 1.59. The summed E-state index contributed by atoms with van der Waals surface area (Å²) in [5, 5.41) is 0. The lowest BCUT2D eigenvalue weighted by atomic mass is 10.0. The van der Waals surface area contributed by atoms with Crippen molar-refractivity contribution in [2.75, 3.05) is 7.11 Å². The molecular weight excluding hydrogens is 212 g/mol. The second kappa shape index (κ2) is 4.83. The molecule has 0 bridgehead atoms. The van der Waals surface area contributed by atoms with E-state index in [1.54, 1.807) is 19.2 Å². The first kappa shape index (κ1) is 11.4. The third-order valence-electron chi connectivity index (χ3n) is 2.65. The molecule has 0 saturated heterocycles. The Morgan fingerprint density at radius 3 is 2.35 bits per heavy atom. The van der Waals surface area contributed by atoms with Crippen molar-refractivity contribution in [2.24, 2.45) is 0 Å². The van der Waals surface area contributed by atoms with Gasteiger partial charge < -0.3 is 4.74 Å². The SMILES string of the molecule is COc1cccc(C(=O)c2ccc(C)cc2)c1. The molecule has 2 rings (SSSR count). The fourth-order valence-corrected chi connectivity index (χ4v) is 1.64. The van der Waals surface area contributed by atoms with Crippen LogP contribution in [0.15, 0.2) is 48.5 Å². The third kappa shape index (κ3) is 2.53. The maximum atomic E-state index is 12.2. The molecule has 0 saturated carbocycles. The summed E-state index contributed by atoms with van der Waals surface area (Å²) < 4.78 is 5.11. The molecule has 0 N–H and O–H groups in total. The first-order valence-electron chi connectivity index (χ1n) is 5.46. The zero-order chi connectivity index (χ0) is 12.3. The summed E-state index contributed by atoms with van der Waals surface area (Å²) >= 11 is 0. The Kier molecular flexibility index (Phi) is 3.24. The second-order valence-corrected chi connectivity index (χ2v) is 3.93. The van der Waals surface area contributed by atoms with Crippen molar-refractivity contribution in [3.63, 3.8) is 0 Å². The van der Waals surface area contributed by atoms with Gasteiger partial charge in [-0.05, 0) is 19.1 Å². The van der Waals surface area contributed by atoms with E-state index in [2.05, 4.69) is 0 Å². The predicted octanol–water partition coefficient (Wildman–Crippen LogP) is 3.23. The molecular formula is C15H14O2. The predicted molar refractivity (Wildman–Crippen MR) is 67.6 cm³/mol. The molecule has 0 amide bonds. The molecule has 2 aromatic rings. The van der Waals surface area contributed by atoms with E-state index in [4.69, 9.17) is 4.74 Å². The number of rotatable bonds is 3. The maximum Gasteiger partial charge on any atom is 0.193 e. The minimum absolute atomic E-state index is 0.0175. The lowest BCUT2D eigenvalue weighted by Crippen LogP contribution is -2.01. The van der Waals surface area contributed by atoms with Gasteiger partial charge in [-0.1, -0.05) is 42.0 Å². The number of carbonyl (C=O) groups is 1. The van der Waals surface area contributed by atoms with Crippen molar-refractivity contribution in [3.8, 4) is 5.75 Å². The van der Waals surface area contributed by atoms with Gasteiger partial charge in [-0.25, -0.2) is 0 Å². The lowest BCUT2D eigenvalue weighted by Gasteiger charge is -2.04. The van der Waals surface area contributed by atoms with Crippen molar-refractivity contribution in [1.29, 1.82) is 0 Å². The molecule has 17 heavy (non-hydrogen) atoms. The molecule has 0 aliphatic heterocycles. The monoisotopic (exact) mass is 226 g/mol. The van der Waals surface area contributed by atoms with Crippen LogP contribution in [-0.2, 0) is 0 Å². The van der Waals surface area contributed by atoms with Gasteiger partial charge in [0.25, 0.3) is 0 Å². The standard InChI is InChI=1S/C15H14O2/c1-11-6-8-12(9-7-11)15(16)13-4-3-5-14(10-13)17-2/h3-10H,1-2H3. The summed E-state index contributed by atoms with van der Waals surface area (Å²) in [4.78, 5) is 12.2. The Hall–Kier alpha value is -2.09. The van der Waals surface area contributed by atoms with E-state index < -0.39 is 0 Å². The van der Waals surface area contributed by atoms with Gasteiger partial charge in [-0.3, -0.25) is 4.79 Å². The number of ketones is 1. The van der Waals surface area contributed by atoms with Crippen molar-refractivity contribution in [2.45, 2.75) is 6.92 Å². The van der Waals surface area contributed by atoms with Crippen LogP contribution in [0.25, 0.3) is 0 Å². The Labute approximate surface area is 101 Å². The first-order valence-corrected chi connectivity index (χ1v) is 5.46. The average Bonchev–Trinajstić information content (AvgIpc) is 2.39. The normalized spacial score (nSPS) is 10.0. The number of benzene rings is 2. The highest BCUT2D eigenvalue weighted by atomic mass is 16.5. The van der Waals surface area contributed by atoms with Crippen molar-refractivity contribution in [3.05, 3.63) is 65.2 Å². The zero-order valence-corrected chi connectivity index (χ0v) is 9.94. The Balaban J connectivity index is 2.33. The minimum Gasteiger partial charge on any atom is -0.497 e. The second-order valence-electron chi connectivity index (χ2n) is 3.93. The summed E-state index contributed by atoms with van der Waals surface area (Å²) in [6.07, 6.45) is 0. The molecule has 0 atom stereocenters. The molecule has 0 aromatic heterocycles. The molecule has 0 radical (unpaired) electrons. The Morgan fingerprint density at radius 2 is 1.71 bits per heavy atom. The van der Waals surface area contributed by atoms with E-state index in [0.29, 0.717) is 16.9 Å². The van der Waals surface area contributed by atoms with Gasteiger partial charge in [-0.15, -0.1) is 0 Å². The van der Waals surface area contributed by atoms with Crippen LogP contribution in [0.5, 0.6) is 5.75 Å². The molecule has 2 nitrogen and oxygen atoms in total. The van der Waals surface area contributed by atoms with Crippen LogP contribution in [0.2, 0.25) is 0 Å². The van der Waals surface area contributed by atoms with Crippen LogP contribution in [0, 0.1) is 6.92 Å². The van der Waals surface area contributed by atoms with Gasteiger partial charge in [0.2, 0.25) is 0 Å². The number of carbonyl (C=O) groups excluding carboxylic acids is 1. The van der Waals surface area contributed by atoms with Crippen LogP contribution < -0.4 is 4.74 Å². The van der Waals surface area contributed by atoms with Crippen LogP contribution in [0.4, 0.5) is 0 Å². The number of methoxy groups -OCH3 is 1. The summed E-state index contributed by atoms with van der Waals surface area (Å²) in [6, 6.07) is 14.8. The van der Waals surface area contributed by atoms with Crippen LogP contribution in [0.3, 0.4) is 0 Å². The Bertz CT molecular complexity index is 527. The summed E-state index contributed by atoms with van der Waals surface area (Å²) in [5.74, 6) is 0.715. The van der Waals surface area contributed by atoms with Crippen molar-refractivity contribution in [1.82, 2.24) is 0 Å². The van der Waals surface area contributed by atoms with Crippen LogP contribution in [0.1, 0.15) is 21.5 Å². The fraction of sp³-hybridized carbons (Fsp3) is 0.133. The Morgan fingerprint density at radius 1 is 1.00 bits per heavy atom. The quantitative estimate of drug-likeness (QED) is 0.751. The van der Waals surface area contributed by atoms with E-state index in [0.717, 1.165) is 5.56 Å². The molecule has 0 spiro atoms. The largest absolute Gasteiger partial charge is 0.497 e. The first-order chi connectivity index (χ1) is 8.20. The number of ether oxygens (including phenoxy) is 1. The van der Waals surface area contributed by atoms with Gasteiger partial charge in [0, 0.05) is 11.1 Å². The van der Waals surface area contributed by atoms with Gasteiger partial charge in [0.15, 0.2) is 5.78 Å². The number of aryl methyl sites for hydroxylation is 1. The summed E-state index contributed by atoms with van der Waals surface area (Å²) in [5.41, 5.74) is 2.49. The number of hydrogen-bond donors (Lipinski definition) is 0. The maximum absolute atomic E-state index is 12.2. The van der Waals surface area contributed by atoms with Crippen molar-refractivity contribution >= 4 is 5.78 Å². The zero-order valence-electron chi connectivity index (χ0n) is 9.94. The van der Waals surface area contributed by atoms with Crippen molar-refractivity contribution < 1.29 is 9.53 Å². The molecule has 2 aromatic carbocycles. The van der Waals surface area contributed by atoms with Crippen LogP contribution in [-0.4, -0.2) is 12.9 Å². The summed E-state index contributed by atoms with van der Waals surface area (Å²) in [6.45, 7) is 2.00. The third-order valence-corrected chi connectivity index (χ3v) is 2.65. The molecule has 0 unspecified atom stereocenters. The van der Waals surface area contributed by atoms with Gasteiger partial charge in [0.1, 0.15) is 5.75 Å². The van der Waals surface area contributed by atoms with E-state index >= 15 is 0 Å². The lowest BCUT2D eigenvalue weighted by molar-refractivity contribution is 0.103. The highest BCUT2D eigenvalue weighted by Gasteiger charge is 2.09. The fourth-order valence-electron chi connectivity index (χ4n) is 1.64. The molecule has 0 heterocycles. The molecule has 0 aliphatic rings. The molecule has 2 heteroatoms. The molecule has 0 fully saturated rings. The molecule has 86 valence electrons. The molecule has 0 aliphatic carbocycles. The highest BCUT2D eigenvalue weighted by molar-refractivity contribution is 6.09. The highest BCUT2D eigenvalue weighted by Crippen LogP contribution is 2.16. The van der Waals surface area contributed by atoms with Crippen LogP contribution >= 0.6 is 0 Å². The van der Waals surface area contributed by atoms with E-state index in [1.807, 2.05) is 43.3 Å².